The third-order valence-electron chi connectivity index (χ3n) is 4.42. The first kappa shape index (κ1) is 11.4. The molecule has 1 saturated carbocycles. The predicted octanol–water partition coefficient (Wildman–Crippen LogP) is 2.58. The lowest BCUT2D eigenvalue weighted by Crippen LogP contribution is -2.45. The molecule has 2 nitrogen and oxygen atoms in total. The van der Waals surface area contributed by atoms with E-state index in [9.17, 15) is 0 Å². The smallest absolute Gasteiger partial charge is 0.0700 e. The highest BCUT2D eigenvalue weighted by atomic mass is 16.5. The van der Waals surface area contributed by atoms with Gasteiger partial charge in [0.2, 0.25) is 0 Å². The van der Waals surface area contributed by atoms with Crippen LogP contribution in [0.25, 0.3) is 0 Å². The van der Waals surface area contributed by atoms with Crippen LogP contribution in [0.5, 0.6) is 0 Å². The third kappa shape index (κ3) is 2.73. The van der Waals surface area contributed by atoms with Crippen molar-refractivity contribution in [1.82, 2.24) is 5.32 Å². The molecule has 15 heavy (non-hydrogen) atoms. The quantitative estimate of drug-likeness (QED) is 0.758. The molecule has 1 aliphatic heterocycles. The van der Waals surface area contributed by atoms with Crippen molar-refractivity contribution < 1.29 is 4.74 Å². The van der Waals surface area contributed by atoms with E-state index in [-0.39, 0.29) is 0 Å². The fourth-order valence-electron chi connectivity index (χ4n) is 2.95. The van der Waals surface area contributed by atoms with Gasteiger partial charge in [-0.3, -0.25) is 0 Å². The Morgan fingerprint density at radius 1 is 1.00 bits per heavy atom. The van der Waals surface area contributed by atoms with Gasteiger partial charge in [-0.15, -0.1) is 0 Å². The van der Waals surface area contributed by atoms with Gasteiger partial charge < -0.3 is 10.1 Å². The summed E-state index contributed by atoms with van der Waals surface area (Å²) < 4.78 is 5.59. The maximum absolute atomic E-state index is 5.59. The molecule has 5 atom stereocenters. The summed E-state index contributed by atoms with van der Waals surface area (Å²) in [4.78, 5) is 0. The first-order valence-electron chi connectivity index (χ1n) is 6.54. The molecule has 0 aromatic rings. The molecule has 2 fully saturated rings. The Labute approximate surface area is 93.8 Å². The number of rotatable bonds is 2. The number of nitrogens with one attached hydrogen (secondary N) is 1. The van der Waals surface area contributed by atoms with Crippen molar-refractivity contribution >= 4 is 0 Å². The summed E-state index contributed by atoms with van der Waals surface area (Å²) in [5.41, 5.74) is 0. The Bertz CT molecular complexity index is 207. The van der Waals surface area contributed by atoms with Gasteiger partial charge in [0.05, 0.1) is 6.10 Å². The van der Waals surface area contributed by atoms with E-state index >= 15 is 0 Å². The average molecular weight is 211 g/mol. The van der Waals surface area contributed by atoms with E-state index < -0.39 is 0 Å². The Balaban J connectivity index is 1.80. The first-order valence-corrected chi connectivity index (χ1v) is 6.54. The van der Waals surface area contributed by atoms with Gasteiger partial charge in [0.15, 0.2) is 0 Å². The molecule has 5 unspecified atom stereocenters. The Hall–Kier alpha value is -0.0800. The monoisotopic (exact) mass is 211 g/mol. The second kappa shape index (κ2) is 4.84. The van der Waals surface area contributed by atoms with Gasteiger partial charge in [-0.25, -0.2) is 0 Å². The van der Waals surface area contributed by atoms with Crippen LogP contribution in [-0.2, 0) is 4.74 Å². The van der Waals surface area contributed by atoms with E-state index in [0.717, 1.165) is 24.5 Å². The molecule has 1 N–H and O–H groups in total. The molecular formula is C13H25NO. The lowest BCUT2D eigenvalue weighted by atomic mass is 9.79. The zero-order valence-electron chi connectivity index (χ0n) is 10.3. The molecule has 0 spiro atoms. The summed E-state index contributed by atoms with van der Waals surface area (Å²) >= 11 is 0. The zero-order valence-corrected chi connectivity index (χ0v) is 10.3. The van der Waals surface area contributed by atoms with Crippen molar-refractivity contribution in [3.05, 3.63) is 0 Å². The van der Waals surface area contributed by atoms with Gasteiger partial charge in [-0.05, 0) is 44.4 Å². The summed E-state index contributed by atoms with van der Waals surface area (Å²) in [7, 11) is 0. The number of hydrogen-bond acceptors (Lipinski definition) is 2. The molecule has 0 aromatic heterocycles. The van der Waals surface area contributed by atoms with Gasteiger partial charge in [0.25, 0.3) is 0 Å². The fourth-order valence-corrected chi connectivity index (χ4v) is 2.95. The second-order valence-corrected chi connectivity index (χ2v) is 5.60. The third-order valence-corrected chi connectivity index (χ3v) is 4.42. The number of hydrogen-bond donors (Lipinski definition) is 1. The number of ether oxygens (including phenoxy) is 1. The van der Waals surface area contributed by atoms with E-state index in [1.165, 1.54) is 25.7 Å². The van der Waals surface area contributed by atoms with E-state index in [2.05, 4.69) is 26.1 Å². The molecule has 2 aliphatic rings. The van der Waals surface area contributed by atoms with E-state index in [4.69, 9.17) is 4.74 Å². The van der Waals surface area contributed by atoms with Gasteiger partial charge in [-0.1, -0.05) is 13.8 Å². The predicted molar refractivity (Wildman–Crippen MR) is 62.9 cm³/mol. The largest absolute Gasteiger partial charge is 0.377 e. The van der Waals surface area contributed by atoms with Crippen molar-refractivity contribution in [2.45, 2.75) is 64.6 Å². The van der Waals surface area contributed by atoms with Crippen molar-refractivity contribution in [3.8, 4) is 0 Å². The Kier molecular flexibility index (Phi) is 3.68. The summed E-state index contributed by atoms with van der Waals surface area (Å²) in [6, 6.07) is 1.35. The van der Waals surface area contributed by atoms with Crippen LogP contribution in [0.1, 0.15) is 46.5 Å². The summed E-state index contributed by atoms with van der Waals surface area (Å²) in [5, 5.41) is 3.79. The highest BCUT2D eigenvalue weighted by Gasteiger charge is 2.30. The van der Waals surface area contributed by atoms with Crippen LogP contribution in [0.3, 0.4) is 0 Å². The summed E-state index contributed by atoms with van der Waals surface area (Å²) in [5.74, 6) is 1.80. The molecule has 0 radical (unpaired) electrons. The van der Waals surface area contributed by atoms with Crippen molar-refractivity contribution in [2.24, 2.45) is 11.8 Å². The molecule has 88 valence electrons. The lowest BCUT2D eigenvalue weighted by molar-refractivity contribution is 0.106. The molecule has 2 rings (SSSR count). The van der Waals surface area contributed by atoms with E-state index in [1.807, 2.05) is 0 Å². The molecule has 1 heterocycles. The van der Waals surface area contributed by atoms with Gasteiger partial charge in [0, 0.05) is 18.7 Å². The van der Waals surface area contributed by atoms with Crippen LogP contribution >= 0.6 is 0 Å². The highest BCUT2D eigenvalue weighted by molar-refractivity contribution is 4.86. The fraction of sp³-hybridized carbons (Fsp3) is 1.00. The molecular weight excluding hydrogens is 186 g/mol. The van der Waals surface area contributed by atoms with Crippen molar-refractivity contribution in [2.75, 3.05) is 6.61 Å². The summed E-state index contributed by atoms with van der Waals surface area (Å²) in [6.45, 7) is 7.92. The lowest BCUT2D eigenvalue weighted by Gasteiger charge is -2.34. The summed E-state index contributed by atoms with van der Waals surface area (Å²) in [6.07, 6.45) is 5.71. The van der Waals surface area contributed by atoms with Crippen LogP contribution in [0, 0.1) is 11.8 Å². The maximum atomic E-state index is 5.59. The zero-order chi connectivity index (χ0) is 10.8. The minimum atomic E-state index is 0.416. The van der Waals surface area contributed by atoms with Crippen LogP contribution in [0.2, 0.25) is 0 Å². The topological polar surface area (TPSA) is 21.3 Å². The molecule has 0 amide bonds. The normalized spacial score (nSPS) is 47.0. The second-order valence-electron chi connectivity index (χ2n) is 5.60. The van der Waals surface area contributed by atoms with Gasteiger partial charge in [0.1, 0.15) is 0 Å². The Morgan fingerprint density at radius 3 is 2.40 bits per heavy atom. The standard InChI is InChI=1S/C13H25NO/c1-9-4-5-12(8-10(9)2)14-13-6-7-15-11(13)3/h9-14H,4-8H2,1-3H3. The molecule has 0 bridgehead atoms. The maximum Gasteiger partial charge on any atom is 0.0700 e. The first-order chi connectivity index (χ1) is 7.16. The Morgan fingerprint density at radius 2 is 1.80 bits per heavy atom. The van der Waals surface area contributed by atoms with Crippen LogP contribution < -0.4 is 5.32 Å². The molecule has 1 aliphatic carbocycles. The molecule has 2 heteroatoms. The SMILES string of the molecule is CC1CCC(NC2CCOC2C)CC1C. The minimum Gasteiger partial charge on any atom is -0.377 e. The van der Waals surface area contributed by atoms with Crippen molar-refractivity contribution in [1.29, 1.82) is 0 Å². The average Bonchev–Trinajstić information content (AvgIpc) is 2.59. The van der Waals surface area contributed by atoms with Crippen LogP contribution in [-0.4, -0.2) is 24.8 Å². The van der Waals surface area contributed by atoms with E-state index in [0.29, 0.717) is 12.1 Å². The van der Waals surface area contributed by atoms with Crippen LogP contribution in [0.4, 0.5) is 0 Å². The molecule has 1 saturated heterocycles. The minimum absolute atomic E-state index is 0.416. The van der Waals surface area contributed by atoms with E-state index in [1.54, 1.807) is 0 Å². The van der Waals surface area contributed by atoms with Crippen LogP contribution in [0.15, 0.2) is 0 Å². The molecule has 0 aromatic carbocycles. The van der Waals surface area contributed by atoms with Gasteiger partial charge in [-0.2, -0.15) is 0 Å². The highest BCUT2D eigenvalue weighted by Crippen LogP contribution is 2.30. The van der Waals surface area contributed by atoms with Gasteiger partial charge >= 0.3 is 0 Å². The van der Waals surface area contributed by atoms with Crippen molar-refractivity contribution in [3.63, 3.8) is 0 Å².